The SMILES string of the molecule is Cl.Cl.NC1CCC(N)(CCCc2ccccc2)CC1. The van der Waals surface area contributed by atoms with E-state index < -0.39 is 0 Å². The molecule has 0 aliphatic heterocycles. The van der Waals surface area contributed by atoms with Crippen LogP contribution in [0.15, 0.2) is 30.3 Å². The van der Waals surface area contributed by atoms with Gasteiger partial charge in [0, 0.05) is 11.6 Å². The van der Waals surface area contributed by atoms with Gasteiger partial charge in [-0.2, -0.15) is 0 Å². The fraction of sp³-hybridized carbons (Fsp3) is 0.600. The largest absolute Gasteiger partial charge is 0.328 e. The molecule has 0 radical (unpaired) electrons. The van der Waals surface area contributed by atoms with Crippen molar-refractivity contribution >= 4 is 24.8 Å². The average Bonchev–Trinajstić information content (AvgIpc) is 2.35. The average molecular weight is 305 g/mol. The first kappa shape index (κ1) is 18.7. The van der Waals surface area contributed by atoms with Crippen LogP contribution in [0.2, 0.25) is 0 Å². The van der Waals surface area contributed by atoms with Crippen LogP contribution in [0.25, 0.3) is 0 Å². The summed E-state index contributed by atoms with van der Waals surface area (Å²) in [4.78, 5) is 0. The quantitative estimate of drug-likeness (QED) is 0.895. The number of hydrogen-bond acceptors (Lipinski definition) is 2. The lowest BCUT2D eigenvalue weighted by molar-refractivity contribution is 0.253. The second-order valence-electron chi connectivity index (χ2n) is 5.54. The summed E-state index contributed by atoms with van der Waals surface area (Å²) >= 11 is 0. The van der Waals surface area contributed by atoms with E-state index in [1.54, 1.807) is 0 Å². The van der Waals surface area contributed by atoms with Gasteiger partial charge in [0.2, 0.25) is 0 Å². The molecule has 0 heterocycles. The van der Waals surface area contributed by atoms with Gasteiger partial charge in [-0.1, -0.05) is 30.3 Å². The van der Waals surface area contributed by atoms with Gasteiger partial charge in [-0.25, -0.2) is 0 Å². The molecule has 19 heavy (non-hydrogen) atoms. The molecular formula is C15H26Cl2N2. The van der Waals surface area contributed by atoms with Gasteiger partial charge in [-0.3, -0.25) is 0 Å². The molecule has 1 aliphatic carbocycles. The van der Waals surface area contributed by atoms with Crippen molar-refractivity contribution in [2.75, 3.05) is 0 Å². The first-order valence-corrected chi connectivity index (χ1v) is 6.76. The predicted molar refractivity (Wildman–Crippen MR) is 87.2 cm³/mol. The first-order chi connectivity index (χ1) is 8.18. The molecule has 0 amide bonds. The second-order valence-corrected chi connectivity index (χ2v) is 5.54. The highest BCUT2D eigenvalue weighted by Gasteiger charge is 2.29. The highest BCUT2D eigenvalue weighted by Crippen LogP contribution is 2.29. The Hall–Kier alpha value is -0.280. The zero-order valence-electron chi connectivity index (χ0n) is 11.4. The summed E-state index contributed by atoms with van der Waals surface area (Å²) in [6.45, 7) is 0. The van der Waals surface area contributed by atoms with Crippen LogP contribution in [0.3, 0.4) is 0 Å². The van der Waals surface area contributed by atoms with E-state index in [0.29, 0.717) is 6.04 Å². The van der Waals surface area contributed by atoms with Crippen molar-refractivity contribution in [2.45, 2.75) is 56.5 Å². The molecule has 2 nitrogen and oxygen atoms in total. The molecule has 1 aromatic rings. The molecule has 0 atom stereocenters. The van der Waals surface area contributed by atoms with Crippen LogP contribution in [0.1, 0.15) is 44.1 Å². The van der Waals surface area contributed by atoms with Crippen LogP contribution < -0.4 is 11.5 Å². The van der Waals surface area contributed by atoms with E-state index in [0.717, 1.165) is 38.5 Å². The van der Waals surface area contributed by atoms with E-state index in [2.05, 4.69) is 30.3 Å². The monoisotopic (exact) mass is 304 g/mol. The van der Waals surface area contributed by atoms with Crippen molar-refractivity contribution in [3.63, 3.8) is 0 Å². The van der Waals surface area contributed by atoms with E-state index in [-0.39, 0.29) is 30.4 Å². The van der Waals surface area contributed by atoms with Gasteiger partial charge in [0.15, 0.2) is 0 Å². The van der Waals surface area contributed by atoms with Crippen LogP contribution in [0, 0.1) is 0 Å². The molecular weight excluding hydrogens is 279 g/mol. The topological polar surface area (TPSA) is 52.0 Å². The van der Waals surface area contributed by atoms with Crippen molar-refractivity contribution in [3.8, 4) is 0 Å². The first-order valence-electron chi connectivity index (χ1n) is 6.76. The maximum atomic E-state index is 6.43. The molecule has 1 fully saturated rings. The lowest BCUT2D eigenvalue weighted by Gasteiger charge is -2.36. The molecule has 1 aliphatic rings. The van der Waals surface area contributed by atoms with Crippen LogP contribution in [0.4, 0.5) is 0 Å². The third-order valence-electron chi connectivity index (χ3n) is 4.01. The second kappa shape index (κ2) is 8.80. The summed E-state index contributed by atoms with van der Waals surface area (Å²) < 4.78 is 0. The van der Waals surface area contributed by atoms with E-state index in [1.807, 2.05) is 0 Å². The Morgan fingerprint density at radius 3 is 2.21 bits per heavy atom. The lowest BCUT2D eigenvalue weighted by atomic mass is 9.77. The normalized spacial score (nSPS) is 26.1. The minimum Gasteiger partial charge on any atom is -0.328 e. The number of nitrogens with two attached hydrogens (primary N) is 2. The molecule has 4 heteroatoms. The van der Waals surface area contributed by atoms with E-state index in [9.17, 15) is 0 Å². The third kappa shape index (κ3) is 6.13. The van der Waals surface area contributed by atoms with Crippen LogP contribution >= 0.6 is 24.8 Å². The molecule has 2 rings (SSSR count). The number of hydrogen-bond donors (Lipinski definition) is 2. The standard InChI is InChI=1S/C15H24N2.2ClH/c16-14-8-11-15(17,12-9-14)10-4-7-13-5-2-1-3-6-13;;/h1-3,5-6,14H,4,7-12,16-17H2;2*1H. The zero-order chi connectivity index (χ0) is 12.1. The Morgan fingerprint density at radius 2 is 1.63 bits per heavy atom. The van der Waals surface area contributed by atoms with Crippen LogP contribution in [-0.4, -0.2) is 11.6 Å². The van der Waals surface area contributed by atoms with Gasteiger partial charge >= 0.3 is 0 Å². The summed E-state index contributed by atoms with van der Waals surface area (Å²) in [6.07, 6.45) is 7.87. The molecule has 110 valence electrons. The van der Waals surface area contributed by atoms with E-state index in [4.69, 9.17) is 11.5 Å². The molecule has 0 unspecified atom stereocenters. The molecule has 1 aromatic carbocycles. The summed E-state index contributed by atoms with van der Waals surface area (Å²) in [5, 5.41) is 0. The van der Waals surface area contributed by atoms with Crippen molar-refractivity contribution in [2.24, 2.45) is 11.5 Å². The molecule has 0 bridgehead atoms. The zero-order valence-corrected chi connectivity index (χ0v) is 13.0. The Morgan fingerprint density at radius 1 is 1.05 bits per heavy atom. The maximum absolute atomic E-state index is 6.43. The Kier molecular flexibility index (Phi) is 8.67. The third-order valence-corrected chi connectivity index (χ3v) is 4.01. The summed E-state index contributed by atoms with van der Waals surface area (Å²) in [7, 11) is 0. The van der Waals surface area contributed by atoms with Gasteiger partial charge in [-0.15, -0.1) is 24.8 Å². The highest BCUT2D eigenvalue weighted by atomic mass is 35.5. The Bertz CT molecular complexity index is 335. The number of halogens is 2. The molecule has 0 spiro atoms. The van der Waals surface area contributed by atoms with Gasteiger partial charge < -0.3 is 11.5 Å². The molecule has 1 saturated carbocycles. The van der Waals surface area contributed by atoms with Crippen molar-refractivity contribution in [1.29, 1.82) is 0 Å². The summed E-state index contributed by atoms with van der Waals surface area (Å²) in [6, 6.07) is 11.1. The minimum atomic E-state index is 0. The molecule has 4 N–H and O–H groups in total. The number of aryl methyl sites for hydroxylation is 1. The van der Waals surface area contributed by atoms with Crippen LogP contribution in [-0.2, 0) is 6.42 Å². The van der Waals surface area contributed by atoms with Gasteiger partial charge in [0.05, 0.1) is 0 Å². The number of rotatable bonds is 4. The highest BCUT2D eigenvalue weighted by molar-refractivity contribution is 5.85. The van der Waals surface area contributed by atoms with E-state index in [1.165, 1.54) is 12.0 Å². The molecule has 0 aromatic heterocycles. The smallest absolute Gasteiger partial charge is 0.0155 e. The van der Waals surface area contributed by atoms with Gasteiger partial charge in [-0.05, 0) is 50.5 Å². The van der Waals surface area contributed by atoms with Crippen molar-refractivity contribution in [3.05, 3.63) is 35.9 Å². The van der Waals surface area contributed by atoms with Crippen molar-refractivity contribution < 1.29 is 0 Å². The predicted octanol–water partition coefficient (Wildman–Crippen LogP) is 3.45. The Balaban J connectivity index is 0.00000162. The van der Waals surface area contributed by atoms with Crippen LogP contribution in [0.5, 0.6) is 0 Å². The maximum Gasteiger partial charge on any atom is 0.0155 e. The number of benzene rings is 1. The summed E-state index contributed by atoms with van der Waals surface area (Å²) in [5.41, 5.74) is 13.8. The fourth-order valence-electron chi connectivity index (χ4n) is 2.75. The Labute approximate surface area is 129 Å². The minimum absolute atomic E-state index is 0. The lowest BCUT2D eigenvalue weighted by Crippen LogP contribution is -2.46. The molecule has 0 saturated heterocycles. The summed E-state index contributed by atoms with van der Waals surface area (Å²) in [5.74, 6) is 0. The van der Waals surface area contributed by atoms with Crippen molar-refractivity contribution in [1.82, 2.24) is 0 Å². The van der Waals surface area contributed by atoms with Gasteiger partial charge in [0.1, 0.15) is 0 Å². The van der Waals surface area contributed by atoms with Gasteiger partial charge in [0.25, 0.3) is 0 Å². The van der Waals surface area contributed by atoms with E-state index >= 15 is 0 Å². The fourth-order valence-corrected chi connectivity index (χ4v) is 2.75.